The van der Waals surface area contributed by atoms with Gasteiger partial charge in [-0.15, -0.1) is 11.3 Å². The maximum atomic E-state index is 13.7. The fourth-order valence-electron chi connectivity index (χ4n) is 2.97. The van der Waals surface area contributed by atoms with Crippen molar-refractivity contribution in [1.29, 1.82) is 0 Å². The number of aromatic amines is 1. The minimum Gasteiger partial charge on any atom is -0.301 e. The molecule has 0 aliphatic heterocycles. The molecule has 0 amide bonds. The van der Waals surface area contributed by atoms with Crippen molar-refractivity contribution in [2.24, 2.45) is 0 Å². The number of thiophene rings is 1. The zero-order chi connectivity index (χ0) is 15.8. The van der Waals surface area contributed by atoms with Crippen LogP contribution in [0.5, 0.6) is 0 Å². The van der Waals surface area contributed by atoms with E-state index in [9.17, 15) is 9.18 Å². The third kappa shape index (κ3) is 2.81. The van der Waals surface area contributed by atoms with E-state index in [2.05, 4.69) is 9.97 Å². The van der Waals surface area contributed by atoms with Crippen molar-refractivity contribution < 1.29 is 4.39 Å². The highest BCUT2D eigenvalue weighted by Gasteiger charge is 2.19. The summed E-state index contributed by atoms with van der Waals surface area (Å²) in [6.07, 6.45) is 4.35. The van der Waals surface area contributed by atoms with Crippen LogP contribution in [-0.4, -0.2) is 9.97 Å². The van der Waals surface area contributed by atoms with Gasteiger partial charge in [-0.05, 0) is 42.9 Å². The minimum absolute atomic E-state index is 0.0644. The molecule has 1 N–H and O–H groups in total. The number of hydrogen-bond acceptors (Lipinski definition) is 4. The molecule has 2 heterocycles. The molecular formula is C17H15FN2OS2. The molecule has 0 saturated carbocycles. The van der Waals surface area contributed by atoms with Gasteiger partial charge in [0.05, 0.1) is 5.39 Å². The van der Waals surface area contributed by atoms with Gasteiger partial charge in [0.1, 0.15) is 10.6 Å². The molecule has 3 nitrogen and oxygen atoms in total. The second-order valence-corrected chi connectivity index (χ2v) is 7.69. The number of rotatable bonds is 3. The summed E-state index contributed by atoms with van der Waals surface area (Å²) < 4.78 is 13.7. The van der Waals surface area contributed by atoms with E-state index in [1.54, 1.807) is 23.5 Å². The third-order valence-corrected chi connectivity index (χ3v) is 6.23. The summed E-state index contributed by atoms with van der Waals surface area (Å²) in [4.78, 5) is 22.0. The summed E-state index contributed by atoms with van der Waals surface area (Å²) in [6, 6.07) is 6.68. The van der Waals surface area contributed by atoms with Crippen LogP contribution >= 0.6 is 23.1 Å². The number of benzene rings is 1. The van der Waals surface area contributed by atoms with Gasteiger partial charge in [0.25, 0.3) is 5.56 Å². The Morgan fingerprint density at radius 1 is 1.26 bits per heavy atom. The van der Waals surface area contributed by atoms with Crippen molar-refractivity contribution in [2.75, 3.05) is 0 Å². The van der Waals surface area contributed by atoms with Crippen molar-refractivity contribution >= 4 is 33.3 Å². The molecule has 1 aromatic carbocycles. The van der Waals surface area contributed by atoms with Gasteiger partial charge in [0.2, 0.25) is 0 Å². The predicted octanol–water partition coefficient (Wildman–Crippen LogP) is 4.29. The number of nitrogens with one attached hydrogen (secondary N) is 1. The van der Waals surface area contributed by atoms with Crippen molar-refractivity contribution in [3.63, 3.8) is 0 Å². The number of thioether (sulfide) groups is 1. The fraction of sp³-hybridized carbons (Fsp3) is 0.294. The average molecular weight is 346 g/mol. The van der Waals surface area contributed by atoms with Crippen LogP contribution < -0.4 is 5.56 Å². The lowest BCUT2D eigenvalue weighted by molar-refractivity contribution is 0.617. The Kier molecular flexibility index (Phi) is 3.95. The monoisotopic (exact) mass is 346 g/mol. The Bertz CT molecular complexity index is 932. The van der Waals surface area contributed by atoms with E-state index < -0.39 is 0 Å². The van der Waals surface area contributed by atoms with Crippen LogP contribution in [-0.2, 0) is 18.6 Å². The first-order chi connectivity index (χ1) is 11.2. The molecular weight excluding hydrogens is 331 g/mol. The maximum Gasteiger partial charge on any atom is 0.260 e. The minimum atomic E-state index is -0.227. The molecule has 2 aromatic heterocycles. The lowest BCUT2D eigenvalue weighted by Gasteiger charge is -2.09. The molecule has 0 bridgehead atoms. The first kappa shape index (κ1) is 14.9. The van der Waals surface area contributed by atoms with E-state index in [4.69, 9.17) is 0 Å². The van der Waals surface area contributed by atoms with Crippen LogP contribution in [0.1, 0.15) is 28.8 Å². The van der Waals surface area contributed by atoms with Crippen molar-refractivity contribution in [3.05, 3.63) is 56.4 Å². The molecule has 0 radical (unpaired) electrons. The molecule has 3 aromatic rings. The van der Waals surface area contributed by atoms with E-state index in [-0.39, 0.29) is 11.4 Å². The van der Waals surface area contributed by atoms with Crippen molar-refractivity contribution in [2.45, 2.75) is 36.6 Å². The zero-order valence-corrected chi connectivity index (χ0v) is 14.0. The number of aromatic nitrogens is 2. The van der Waals surface area contributed by atoms with Gasteiger partial charge in [-0.3, -0.25) is 4.79 Å². The summed E-state index contributed by atoms with van der Waals surface area (Å²) in [5.74, 6) is 0.224. The highest BCUT2D eigenvalue weighted by molar-refractivity contribution is 7.98. The van der Waals surface area contributed by atoms with Crippen LogP contribution in [0.2, 0.25) is 0 Å². The van der Waals surface area contributed by atoms with Gasteiger partial charge in [-0.1, -0.05) is 30.0 Å². The van der Waals surface area contributed by atoms with Crippen LogP contribution in [0.4, 0.5) is 4.39 Å². The van der Waals surface area contributed by atoms with Gasteiger partial charge in [-0.25, -0.2) is 9.37 Å². The van der Waals surface area contributed by atoms with E-state index in [0.717, 1.165) is 29.5 Å². The molecule has 0 saturated heterocycles. The molecule has 0 fully saturated rings. The zero-order valence-electron chi connectivity index (χ0n) is 12.4. The normalized spacial score (nSPS) is 14.1. The Morgan fingerprint density at radius 3 is 2.96 bits per heavy atom. The van der Waals surface area contributed by atoms with Crippen LogP contribution in [0.15, 0.2) is 34.2 Å². The molecule has 4 rings (SSSR count). The Morgan fingerprint density at radius 2 is 2.09 bits per heavy atom. The number of H-pyrrole nitrogens is 1. The summed E-state index contributed by atoms with van der Waals surface area (Å²) >= 11 is 3.00. The quantitative estimate of drug-likeness (QED) is 0.568. The largest absolute Gasteiger partial charge is 0.301 e. The highest BCUT2D eigenvalue weighted by atomic mass is 32.2. The Labute approximate surface area is 141 Å². The molecule has 118 valence electrons. The molecule has 0 spiro atoms. The second kappa shape index (κ2) is 6.09. The molecule has 0 unspecified atom stereocenters. The van der Waals surface area contributed by atoms with Gasteiger partial charge in [0.15, 0.2) is 5.16 Å². The summed E-state index contributed by atoms with van der Waals surface area (Å²) in [5, 5.41) is 1.32. The highest BCUT2D eigenvalue weighted by Crippen LogP contribution is 2.34. The number of halogens is 1. The molecule has 0 atom stereocenters. The van der Waals surface area contributed by atoms with E-state index in [1.807, 2.05) is 6.07 Å². The summed E-state index contributed by atoms with van der Waals surface area (Å²) in [6.45, 7) is 0. The van der Waals surface area contributed by atoms with Crippen molar-refractivity contribution in [1.82, 2.24) is 9.97 Å². The maximum absolute atomic E-state index is 13.7. The van der Waals surface area contributed by atoms with Gasteiger partial charge in [-0.2, -0.15) is 0 Å². The summed E-state index contributed by atoms with van der Waals surface area (Å²) in [5.41, 5.74) is 1.74. The Balaban J connectivity index is 1.66. The number of hydrogen-bond donors (Lipinski definition) is 1. The second-order valence-electron chi connectivity index (χ2n) is 5.64. The fourth-order valence-corrected chi connectivity index (χ4v) is 5.14. The molecule has 23 heavy (non-hydrogen) atoms. The summed E-state index contributed by atoms with van der Waals surface area (Å²) in [7, 11) is 0. The van der Waals surface area contributed by atoms with E-state index in [1.165, 1.54) is 34.7 Å². The first-order valence-electron chi connectivity index (χ1n) is 7.63. The van der Waals surface area contributed by atoms with Crippen molar-refractivity contribution in [3.8, 4) is 0 Å². The van der Waals surface area contributed by atoms with Crippen LogP contribution in [0, 0.1) is 5.82 Å². The molecule has 1 aliphatic carbocycles. The topological polar surface area (TPSA) is 45.8 Å². The number of nitrogens with zero attached hydrogens (tertiary/aromatic N) is 1. The SMILES string of the molecule is O=c1[nH]c(SCc2ccccc2F)nc2sc3c(c12)CCCC3. The lowest BCUT2D eigenvalue weighted by Crippen LogP contribution is -2.10. The smallest absolute Gasteiger partial charge is 0.260 e. The van der Waals surface area contributed by atoms with Crippen LogP contribution in [0.3, 0.4) is 0 Å². The first-order valence-corrected chi connectivity index (χ1v) is 9.43. The molecule has 1 aliphatic rings. The van der Waals surface area contributed by atoms with E-state index >= 15 is 0 Å². The van der Waals surface area contributed by atoms with Crippen LogP contribution in [0.25, 0.3) is 10.2 Å². The standard InChI is InChI=1S/C17H15FN2OS2/c18-12-7-3-1-5-10(12)9-22-17-19-15(21)14-11-6-2-4-8-13(11)23-16(14)20-17/h1,3,5,7H,2,4,6,8-9H2,(H,19,20,21). The number of fused-ring (bicyclic) bond motifs is 3. The van der Waals surface area contributed by atoms with Gasteiger partial charge >= 0.3 is 0 Å². The third-order valence-electron chi connectivity index (χ3n) is 4.13. The lowest BCUT2D eigenvalue weighted by atomic mass is 9.97. The molecule has 6 heteroatoms. The predicted molar refractivity (Wildman–Crippen MR) is 92.8 cm³/mol. The Hall–Kier alpha value is -1.66. The van der Waals surface area contributed by atoms with Gasteiger partial charge in [0, 0.05) is 10.6 Å². The number of aryl methyl sites for hydroxylation is 2. The van der Waals surface area contributed by atoms with Gasteiger partial charge < -0.3 is 4.98 Å². The van der Waals surface area contributed by atoms with E-state index in [0.29, 0.717) is 16.5 Å². The average Bonchev–Trinajstić information content (AvgIpc) is 2.93.